The number of aromatic nitrogens is 1. The average Bonchev–Trinajstić information content (AvgIpc) is 2.47. The van der Waals surface area contributed by atoms with Crippen molar-refractivity contribution < 1.29 is 9.90 Å². The summed E-state index contributed by atoms with van der Waals surface area (Å²) in [6.45, 7) is 2.21. The number of hydrogen-bond acceptors (Lipinski definition) is 2. The predicted octanol–water partition coefficient (Wildman–Crippen LogP) is 0.588. The van der Waals surface area contributed by atoms with E-state index in [0.29, 0.717) is 6.54 Å². The second kappa shape index (κ2) is 4.09. The van der Waals surface area contributed by atoms with Crippen molar-refractivity contribution in [2.75, 3.05) is 0 Å². The molecule has 0 aliphatic heterocycles. The van der Waals surface area contributed by atoms with Crippen molar-refractivity contribution in [3.63, 3.8) is 0 Å². The molecule has 0 bridgehead atoms. The van der Waals surface area contributed by atoms with Crippen LogP contribution in [-0.4, -0.2) is 21.7 Å². The molecule has 0 fully saturated rings. The maximum atomic E-state index is 10.5. The summed E-state index contributed by atoms with van der Waals surface area (Å²) in [5.41, 5.74) is 1.08. The van der Waals surface area contributed by atoms with Gasteiger partial charge in [0.2, 0.25) is 0 Å². The van der Waals surface area contributed by atoms with Gasteiger partial charge < -0.3 is 9.67 Å². The van der Waals surface area contributed by atoms with Gasteiger partial charge in [-0.2, -0.15) is 0 Å². The van der Waals surface area contributed by atoms with Crippen molar-refractivity contribution in [3.05, 3.63) is 24.0 Å². The maximum absolute atomic E-state index is 10.5. The Morgan fingerprint density at radius 2 is 2.46 bits per heavy atom. The van der Waals surface area contributed by atoms with Crippen molar-refractivity contribution in [2.45, 2.75) is 19.5 Å². The van der Waals surface area contributed by atoms with Crippen LogP contribution in [0.3, 0.4) is 0 Å². The van der Waals surface area contributed by atoms with Crippen LogP contribution in [0.15, 0.2) is 18.3 Å². The van der Waals surface area contributed by atoms with E-state index in [2.05, 4.69) is 5.32 Å². The first kappa shape index (κ1) is 9.80. The molecule has 4 heteroatoms. The summed E-state index contributed by atoms with van der Waals surface area (Å²) in [7, 11) is 1.93. The number of carboxylic acids is 1. The van der Waals surface area contributed by atoms with Crippen LogP contribution < -0.4 is 5.32 Å². The first-order chi connectivity index (χ1) is 6.11. The monoisotopic (exact) mass is 182 g/mol. The van der Waals surface area contributed by atoms with Crippen molar-refractivity contribution in [3.8, 4) is 0 Å². The van der Waals surface area contributed by atoms with Gasteiger partial charge in [-0.3, -0.25) is 10.1 Å². The second-order valence-corrected chi connectivity index (χ2v) is 3.05. The quantitative estimate of drug-likeness (QED) is 0.716. The van der Waals surface area contributed by atoms with Crippen molar-refractivity contribution >= 4 is 5.97 Å². The lowest BCUT2D eigenvalue weighted by molar-refractivity contribution is -0.139. The Morgan fingerprint density at radius 3 is 2.92 bits per heavy atom. The molecule has 0 amide bonds. The summed E-state index contributed by atoms with van der Waals surface area (Å²) >= 11 is 0. The number of carbonyl (C=O) groups is 1. The zero-order valence-corrected chi connectivity index (χ0v) is 7.82. The third kappa shape index (κ3) is 2.59. The number of nitrogens with one attached hydrogen (secondary N) is 1. The summed E-state index contributed by atoms with van der Waals surface area (Å²) < 4.78 is 1.96. The fourth-order valence-electron chi connectivity index (χ4n) is 1.03. The standard InChI is InChI=1S/C9H14N2O2/c1-7(9(12)13)10-6-8-4-3-5-11(8)2/h3-5,7,10H,6H2,1-2H3,(H,12,13). The molecule has 2 N–H and O–H groups in total. The SMILES string of the molecule is CC(NCc1cccn1C)C(=O)O. The van der Waals surface area contributed by atoms with Gasteiger partial charge in [0.05, 0.1) is 0 Å². The van der Waals surface area contributed by atoms with E-state index in [0.717, 1.165) is 5.69 Å². The Bertz CT molecular complexity index is 294. The van der Waals surface area contributed by atoms with Crippen LogP contribution in [-0.2, 0) is 18.4 Å². The molecule has 0 aliphatic rings. The van der Waals surface area contributed by atoms with E-state index >= 15 is 0 Å². The zero-order chi connectivity index (χ0) is 9.84. The molecule has 0 saturated heterocycles. The van der Waals surface area contributed by atoms with Gasteiger partial charge in [-0.15, -0.1) is 0 Å². The molecule has 0 spiro atoms. The van der Waals surface area contributed by atoms with Crippen molar-refractivity contribution in [1.29, 1.82) is 0 Å². The molecule has 72 valence electrons. The average molecular weight is 182 g/mol. The molecule has 1 rings (SSSR count). The van der Waals surface area contributed by atoms with E-state index in [1.54, 1.807) is 6.92 Å². The molecule has 13 heavy (non-hydrogen) atoms. The molecule has 1 atom stereocenters. The summed E-state index contributed by atoms with van der Waals surface area (Å²) in [6, 6.07) is 3.39. The van der Waals surface area contributed by atoms with Crippen LogP contribution in [0.1, 0.15) is 12.6 Å². The van der Waals surface area contributed by atoms with Crippen molar-refractivity contribution in [1.82, 2.24) is 9.88 Å². The first-order valence-corrected chi connectivity index (χ1v) is 4.17. The van der Waals surface area contributed by atoms with Crippen LogP contribution in [0.2, 0.25) is 0 Å². The summed E-state index contributed by atoms with van der Waals surface area (Å²) in [4.78, 5) is 10.5. The Labute approximate surface area is 77.2 Å². The Balaban J connectivity index is 2.44. The largest absolute Gasteiger partial charge is 0.480 e. The summed E-state index contributed by atoms with van der Waals surface area (Å²) in [5, 5.41) is 11.5. The lowest BCUT2D eigenvalue weighted by atomic mass is 10.3. The Kier molecular flexibility index (Phi) is 3.08. The second-order valence-electron chi connectivity index (χ2n) is 3.05. The first-order valence-electron chi connectivity index (χ1n) is 4.17. The van der Waals surface area contributed by atoms with Crippen LogP contribution in [0.25, 0.3) is 0 Å². The van der Waals surface area contributed by atoms with Gasteiger partial charge in [0.15, 0.2) is 0 Å². The summed E-state index contributed by atoms with van der Waals surface area (Å²) in [6.07, 6.45) is 1.93. The fraction of sp³-hybridized carbons (Fsp3) is 0.444. The maximum Gasteiger partial charge on any atom is 0.320 e. The van der Waals surface area contributed by atoms with E-state index in [4.69, 9.17) is 5.11 Å². The zero-order valence-electron chi connectivity index (χ0n) is 7.82. The van der Waals surface area contributed by atoms with Crippen LogP contribution in [0, 0.1) is 0 Å². The Hall–Kier alpha value is -1.29. The molecule has 1 unspecified atom stereocenters. The number of rotatable bonds is 4. The minimum Gasteiger partial charge on any atom is -0.480 e. The molecule has 0 aliphatic carbocycles. The molecular formula is C9H14N2O2. The van der Waals surface area contributed by atoms with Crippen LogP contribution in [0.4, 0.5) is 0 Å². The highest BCUT2D eigenvalue weighted by molar-refractivity contribution is 5.72. The van der Waals surface area contributed by atoms with Gasteiger partial charge in [-0.05, 0) is 19.1 Å². The van der Waals surface area contributed by atoms with Gasteiger partial charge in [0.25, 0.3) is 0 Å². The van der Waals surface area contributed by atoms with E-state index in [-0.39, 0.29) is 0 Å². The molecule has 0 radical (unpaired) electrons. The van der Waals surface area contributed by atoms with Crippen molar-refractivity contribution in [2.24, 2.45) is 7.05 Å². The smallest absolute Gasteiger partial charge is 0.320 e. The molecule has 0 aromatic carbocycles. The third-order valence-electron chi connectivity index (χ3n) is 2.01. The molecule has 4 nitrogen and oxygen atoms in total. The van der Waals surface area contributed by atoms with Crippen LogP contribution in [0.5, 0.6) is 0 Å². The highest BCUT2D eigenvalue weighted by atomic mass is 16.4. The van der Waals surface area contributed by atoms with E-state index < -0.39 is 12.0 Å². The number of carboxylic acid groups (broad SMARTS) is 1. The lowest BCUT2D eigenvalue weighted by Gasteiger charge is -2.09. The minimum atomic E-state index is -0.825. The van der Waals surface area contributed by atoms with E-state index in [9.17, 15) is 4.79 Å². The van der Waals surface area contributed by atoms with E-state index in [1.165, 1.54) is 0 Å². The third-order valence-corrected chi connectivity index (χ3v) is 2.01. The van der Waals surface area contributed by atoms with Gasteiger partial charge >= 0.3 is 5.97 Å². The highest BCUT2D eigenvalue weighted by Gasteiger charge is 2.09. The molecule has 1 aromatic rings. The molecule has 0 saturated carbocycles. The number of aliphatic carboxylic acids is 1. The minimum absolute atomic E-state index is 0.505. The highest BCUT2D eigenvalue weighted by Crippen LogP contribution is 1.99. The van der Waals surface area contributed by atoms with Gasteiger partial charge in [-0.25, -0.2) is 0 Å². The number of nitrogens with zero attached hydrogens (tertiary/aromatic N) is 1. The number of aryl methyl sites for hydroxylation is 1. The molecular weight excluding hydrogens is 168 g/mol. The topological polar surface area (TPSA) is 54.3 Å². The predicted molar refractivity (Wildman–Crippen MR) is 49.4 cm³/mol. The van der Waals surface area contributed by atoms with E-state index in [1.807, 2.05) is 29.9 Å². The lowest BCUT2D eigenvalue weighted by Crippen LogP contribution is -2.33. The van der Waals surface area contributed by atoms with Gasteiger partial charge in [-0.1, -0.05) is 0 Å². The fourth-order valence-corrected chi connectivity index (χ4v) is 1.03. The normalized spacial score (nSPS) is 12.8. The summed E-state index contributed by atoms with van der Waals surface area (Å²) in [5.74, 6) is -0.825. The Morgan fingerprint density at radius 1 is 1.77 bits per heavy atom. The van der Waals surface area contributed by atoms with Crippen LogP contribution >= 0.6 is 0 Å². The van der Waals surface area contributed by atoms with Gasteiger partial charge in [0.1, 0.15) is 6.04 Å². The van der Waals surface area contributed by atoms with Gasteiger partial charge in [0, 0.05) is 25.5 Å². The number of hydrogen-bond donors (Lipinski definition) is 2. The molecule has 1 aromatic heterocycles. The molecule has 1 heterocycles.